The van der Waals surface area contributed by atoms with E-state index in [9.17, 15) is 0 Å². The largest absolute Gasteiger partial charge is 0.271 e. The molecule has 0 N–H and O–H groups in total. The number of alkyl halides is 1. The van der Waals surface area contributed by atoms with Gasteiger partial charge in [0.15, 0.2) is 0 Å². The van der Waals surface area contributed by atoms with Crippen LogP contribution in [0.2, 0.25) is 5.02 Å². The predicted molar refractivity (Wildman–Crippen MR) is 96.4 cm³/mol. The Morgan fingerprint density at radius 2 is 2.10 bits per heavy atom. The van der Waals surface area contributed by atoms with Crippen molar-refractivity contribution >= 4 is 43.5 Å². The molecule has 2 aromatic rings. The van der Waals surface area contributed by atoms with Crippen LogP contribution in [-0.4, -0.2) is 15.1 Å². The average molecular weight is 435 g/mol. The molecule has 1 heterocycles. The van der Waals surface area contributed by atoms with Crippen molar-refractivity contribution < 1.29 is 0 Å². The first-order valence-electron chi connectivity index (χ1n) is 7.05. The Bertz CT molecular complexity index is 610. The van der Waals surface area contributed by atoms with Crippen LogP contribution in [0.5, 0.6) is 0 Å². The number of aromatic nitrogens is 2. The average Bonchev–Trinajstić information content (AvgIpc) is 2.73. The first-order valence-corrected chi connectivity index (χ1v) is 9.35. The molecule has 21 heavy (non-hydrogen) atoms. The van der Waals surface area contributed by atoms with Crippen LogP contribution in [-0.2, 0) is 26.3 Å². The number of hydrogen-bond donors (Lipinski definition) is 0. The van der Waals surface area contributed by atoms with Crippen LogP contribution in [0, 0.1) is 5.92 Å². The Morgan fingerprint density at radius 3 is 2.67 bits per heavy atom. The van der Waals surface area contributed by atoms with Crippen molar-refractivity contribution in [2.75, 3.05) is 5.33 Å². The number of hydrogen-bond acceptors (Lipinski definition) is 1. The molecule has 0 aliphatic rings. The number of aryl methyl sites for hydroxylation is 2. The summed E-state index contributed by atoms with van der Waals surface area (Å²) in [6, 6.07) is 8.11. The van der Waals surface area contributed by atoms with Gasteiger partial charge in [-0.25, -0.2) is 0 Å². The summed E-state index contributed by atoms with van der Waals surface area (Å²) >= 11 is 13.4. The normalized spacial score (nSPS) is 12.6. The highest BCUT2D eigenvalue weighted by Gasteiger charge is 2.17. The summed E-state index contributed by atoms with van der Waals surface area (Å²) in [4.78, 5) is 0. The highest BCUT2D eigenvalue weighted by atomic mass is 79.9. The smallest absolute Gasteiger partial charge is 0.0766 e. The molecule has 5 heteroatoms. The minimum atomic E-state index is 0.514. The van der Waals surface area contributed by atoms with Gasteiger partial charge in [0, 0.05) is 17.4 Å². The number of benzene rings is 1. The molecule has 0 aliphatic heterocycles. The van der Waals surface area contributed by atoms with Gasteiger partial charge in [-0.1, -0.05) is 46.6 Å². The second-order valence-electron chi connectivity index (χ2n) is 5.24. The third-order valence-corrected chi connectivity index (χ3v) is 5.68. The highest BCUT2D eigenvalue weighted by Crippen LogP contribution is 2.26. The first-order chi connectivity index (χ1) is 10.0. The van der Waals surface area contributed by atoms with Crippen molar-refractivity contribution in [3.8, 4) is 0 Å². The summed E-state index contributed by atoms with van der Waals surface area (Å²) in [5, 5.41) is 6.33. The zero-order valence-corrected chi connectivity index (χ0v) is 16.2. The quantitative estimate of drug-likeness (QED) is 0.572. The summed E-state index contributed by atoms with van der Waals surface area (Å²) in [6.07, 6.45) is 2.94. The molecule has 0 amide bonds. The van der Waals surface area contributed by atoms with E-state index in [1.165, 1.54) is 11.3 Å². The molecule has 0 bridgehead atoms. The predicted octanol–water partition coefficient (Wildman–Crippen LogP) is 5.19. The summed E-state index contributed by atoms with van der Waals surface area (Å²) in [5.41, 5.74) is 3.67. The van der Waals surface area contributed by atoms with Crippen molar-refractivity contribution in [1.29, 1.82) is 0 Å². The van der Waals surface area contributed by atoms with Crippen LogP contribution in [0.15, 0.2) is 28.7 Å². The molecule has 0 fully saturated rings. The molecule has 114 valence electrons. The molecule has 0 saturated carbocycles. The lowest BCUT2D eigenvalue weighted by Crippen LogP contribution is -2.13. The Labute approximate surface area is 148 Å². The summed E-state index contributed by atoms with van der Waals surface area (Å²) in [5.74, 6) is 0.514. The molecule has 1 aromatic heterocycles. The Morgan fingerprint density at radius 1 is 1.33 bits per heavy atom. The lowest BCUT2D eigenvalue weighted by atomic mass is 9.96. The standard InChI is InChI=1S/C16H19Br2ClN2/c1-3-14-16(18)15(21(2)20-14)9-12(10-17)7-11-5-4-6-13(19)8-11/h4-6,8,12H,3,7,9-10H2,1-2H3. The second kappa shape index (κ2) is 7.80. The molecule has 0 spiro atoms. The zero-order valence-electron chi connectivity index (χ0n) is 12.2. The van der Waals surface area contributed by atoms with Crippen LogP contribution >= 0.6 is 43.5 Å². The van der Waals surface area contributed by atoms with E-state index in [0.29, 0.717) is 5.92 Å². The van der Waals surface area contributed by atoms with Crippen molar-refractivity contribution in [2.45, 2.75) is 26.2 Å². The fraction of sp³-hybridized carbons (Fsp3) is 0.438. The van der Waals surface area contributed by atoms with Crippen LogP contribution in [0.1, 0.15) is 23.9 Å². The van der Waals surface area contributed by atoms with Crippen LogP contribution < -0.4 is 0 Å². The van der Waals surface area contributed by atoms with Crippen molar-refractivity contribution in [3.05, 3.63) is 50.7 Å². The van der Waals surface area contributed by atoms with Gasteiger partial charge >= 0.3 is 0 Å². The Hall–Kier alpha value is -0.320. The second-order valence-corrected chi connectivity index (χ2v) is 7.12. The summed E-state index contributed by atoms with van der Waals surface area (Å²) in [7, 11) is 2.02. The zero-order chi connectivity index (χ0) is 15.4. The minimum absolute atomic E-state index is 0.514. The molecule has 1 aromatic carbocycles. The molecule has 0 saturated heterocycles. The van der Waals surface area contributed by atoms with Gasteiger partial charge in [-0.3, -0.25) is 4.68 Å². The molecular formula is C16H19Br2ClN2. The summed E-state index contributed by atoms with van der Waals surface area (Å²) in [6.45, 7) is 2.13. The van der Waals surface area contributed by atoms with E-state index in [1.54, 1.807) is 0 Å². The maximum Gasteiger partial charge on any atom is 0.0766 e. The molecule has 2 nitrogen and oxygen atoms in total. The van der Waals surface area contributed by atoms with Crippen molar-refractivity contribution in [3.63, 3.8) is 0 Å². The van der Waals surface area contributed by atoms with Gasteiger partial charge in [-0.15, -0.1) is 0 Å². The van der Waals surface area contributed by atoms with E-state index in [-0.39, 0.29) is 0 Å². The van der Waals surface area contributed by atoms with E-state index in [4.69, 9.17) is 11.6 Å². The summed E-state index contributed by atoms with van der Waals surface area (Å²) < 4.78 is 3.15. The Kier molecular flexibility index (Phi) is 6.33. The maximum atomic E-state index is 6.07. The van der Waals surface area contributed by atoms with Crippen LogP contribution in [0.3, 0.4) is 0 Å². The topological polar surface area (TPSA) is 17.8 Å². The number of nitrogens with zero attached hydrogens (tertiary/aromatic N) is 2. The monoisotopic (exact) mass is 432 g/mol. The SMILES string of the molecule is CCc1nn(C)c(CC(CBr)Cc2cccc(Cl)c2)c1Br. The van der Waals surface area contributed by atoms with Gasteiger partial charge in [-0.2, -0.15) is 5.10 Å². The fourth-order valence-electron chi connectivity index (χ4n) is 2.49. The van der Waals surface area contributed by atoms with Crippen LogP contribution in [0.25, 0.3) is 0 Å². The third kappa shape index (κ3) is 4.33. The van der Waals surface area contributed by atoms with Gasteiger partial charge in [0.05, 0.1) is 15.9 Å². The lowest BCUT2D eigenvalue weighted by Gasteiger charge is -2.15. The van der Waals surface area contributed by atoms with Gasteiger partial charge in [0.25, 0.3) is 0 Å². The van der Waals surface area contributed by atoms with Crippen molar-refractivity contribution in [1.82, 2.24) is 9.78 Å². The molecule has 1 atom stereocenters. The van der Waals surface area contributed by atoms with Gasteiger partial charge < -0.3 is 0 Å². The van der Waals surface area contributed by atoms with E-state index in [1.807, 2.05) is 29.9 Å². The van der Waals surface area contributed by atoms with E-state index in [2.05, 4.69) is 49.9 Å². The van der Waals surface area contributed by atoms with E-state index < -0.39 is 0 Å². The number of halogens is 3. The molecule has 2 rings (SSSR count). The van der Waals surface area contributed by atoms with E-state index in [0.717, 1.165) is 39.8 Å². The van der Waals surface area contributed by atoms with Crippen LogP contribution in [0.4, 0.5) is 0 Å². The van der Waals surface area contributed by atoms with Gasteiger partial charge in [0.2, 0.25) is 0 Å². The molecular weight excluding hydrogens is 415 g/mol. The third-order valence-electron chi connectivity index (χ3n) is 3.62. The fourth-order valence-corrected chi connectivity index (χ4v) is 3.94. The lowest BCUT2D eigenvalue weighted by molar-refractivity contribution is 0.555. The highest BCUT2D eigenvalue weighted by molar-refractivity contribution is 9.10. The molecule has 1 unspecified atom stereocenters. The molecule has 0 aliphatic carbocycles. The molecule has 0 radical (unpaired) electrons. The number of rotatable bonds is 6. The first kappa shape index (κ1) is 17.0. The van der Waals surface area contributed by atoms with Gasteiger partial charge in [0.1, 0.15) is 0 Å². The van der Waals surface area contributed by atoms with E-state index >= 15 is 0 Å². The minimum Gasteiger partial charge on any atom is -0.271 e. The van der Waals surface area contributed by atoms with Crippen molar-refractivity contribution in [2.24, 2.45) is 13.0 Å². The maximum absolute atomic E-state index is 6.07. The van der Waals surface area contributed by atoms with Gasteiger partial charge in [-0.05, 0) is 58.8 Å². The Balaban J connectivity index is 2.14.